The maximum Gasteiger partial charge on any atom is 0.245 e. The van der Waals surface area contributed by atoms with Gasteiger partial charge in [0, 0.05) is 37.9 Å². The maximum atomic E-state index is 13.0. The lowest BCUT2D eigenvalue weighted by molar-refractivity contribution is -0.147. The first-order chi connectivity index (χ1) is 11.7. The molecule has 25 heavy (non-hydrogen) atoms. The summed E-state index contributed by atoms with van der Waals surface area (Å²) < 4.78 is 33.5. The maximum absolute atomic E-state index is 13.0. The van der Waals surface area contributed by atoms with Gasteiger partial charge in [-0.05, 0) is 12.1 Å². The number of likely N-dealkylation sites (tertiary alicyclic amines) is 1. The first-order valence-electron chi connectivity index (χ1n) is 8.68. The Bertz CT molecular complexity index is 732. The Balaban J connectivity index is 1.80. The highest BCUT2D eigenvalue weighted by molar-refractivity contribution is 7.89. The standard InChI is InChI=1S/C18H26N2O4S/c1-17(2,3)16(21)19-11-9-18(10-12-19)20(13-14-24-18)25(22,23)15-7-5-4-6-8-15/h4-8H,9-14H2,1-3H3. The van der Waals surface area contributed by atoms with E-state index in [1.807, 2.05) is 25.7 Å². The average Bonchev–Trinajstić information content (AvgIpc) is 2.99. The molecule has 1 aromatic rings. The molecule has 0 aromatic heterocycles. The minimum Gasteiger partial charge on any atom is -0.358 e. The lowest BCUT2D eigenvalue weighted by Gasteiger charge is -2.44. The van der Waals surface area contributed by atoms with Crippen molar-refractivity contribution >= 4 is 15.9 Å². The fourth-order valence-corrected chi connectivity index (χ4v) is 5.32. The summed E-state index contributed by atoms with van der Waals surface area (Å²) in [5.41, 5.74) is -1.26. The second kappa shape index (κ2) is 6.37. The van der Waals surface area contributed by atoms with Crippen LogP contribution in [0, 0.1) is 5.41 Å². The molecule has 1 amide bonds. The molecule has 0 N–H and O–H groups in total. The summed E-state index contributed by atoms with van der Waals surface area (Å²) in [7, 11) is -3.61. The van der Waals surface area contributed by atoms with E-state index in [1.54, 1.807) is 30.3 Å². The Morgan fingerprint density at radius 3 is 2.24 bits per heavy atom. The van der Waals surface area contributed by atoms with Gasteiger partial charge in [0.1, 0.15) is 5.72 Å². The second-order valence-corrected chi connectivity index (χ2v) is 9.59. The largest absolute Gasteiger partial charge is 0.358 e. The van der Waals surface area contributed by atoms with Crippen LogP contribution in [0.2, 0.25) is 0 Å². The molecule has 2 heterocycles. The van der Waals surface area contributed by atoms with Crippen molar-refractivity contribution in [2.75, 3.05) is 26.2 Å². The van der Waals surface area contributed by atoms with Gasteiger partial charge in [-0.3, -0.25) is 4.79 Å². The summed E-state index contributed by atoms with van der Waals surface area (Å²) in [5, 5.41) is 0. The van der Waals surface area contributed by atoms with Crippen LogP contribution in [0.25, 0.3) is 0 Å². The van der Waals surface area contributed by atoms with Crippen molar-refractivity contribution in [3.05, 3.63) is 30.3 Å². The van der Waals surface area contributed by atoms with Crippen molar-refractivity contribution in [3.8, 4) is 0 Å². The Morgan fingerprint density at radius 2 is 1.68 bits per heavy atom. The molecule has 2 fully saturated rings. The van der Waals surface area contributed by atoms with Crippen molar-refractivity contribution < 1.29 is 17.9 Å². The quantitative estimate of drug-likeness (QED) is 0.804. The van der Waals surface area contributed by atoms with E-state index in [9.17, 15) is 13.2 Å². The Morgan fingerprint density at radius 1 is 1.08 bits per heavy atom. The van der Waals surface area contributed by atoms with E-state index in [0.717, 1.165) is 0 Å². The molecule has 2 saturated heterocycles. The summed E-state index contributed by atoms with van der Waals surface area (Å²) >= 11 is 0. The smallest absolute Gasteiger partial charge is 0.245 e. The predicted molar refractivity (Wildman–Crippen MR) is 94.3 cm³/mol. The molecule has 7 heteroatoms. The van der Waals surface area contributed by atoms with Crippen LogP contribution in [0.3, 0.4) is 0 Å². The molecule has 0 saturated carbocycles. The van der Waals surface area contributed by atoms with Crippen LogP contribution in [-0.4, -0.2) is 55.5 Å². The monoisotopic (exact) mass is 366 g/mol. The van der Waals surface area contributed by atoms with Gasteiger partial charge >= 0.3 is 0 Å². The molecule has 138 valence electrons. The number of carbonyl (C=O) groups is 1. The number of nitrogens with zero attached hydrogens (tertiary/aromatic N) is 2. The molecule has 0 aliphatic carbocycles. The molecule has 6 nitrogen and oxygen atoms in total. The third kappa shape index (κ3) is 3.32. The summed E-state index contributed by atoms with van der Waals surface area (Å²) in [6.45, 7) is 7.46. The fraction of sp³-hybridized carbons (Fsp3) is 0.611. The predicted octanol–water partition coefficient (Wildman–Crippen LogP) is 2.07. The number of amides is 1. The molecule has 0 bridgehead atoms. The van der Waals surface area contributed by atoms with Crippen molar-refractivity contribution in [3.63, 3.8) is 0 Å². The normalized spacial score (nSPS) is 21.6. The number of sulfonamides is 1. The molecule has 2 aliphatic rings. The first-order valence-corrected chi connectivity index (χ1v) is 10.1. The van der Waals surface area contributed by atoms with Gasteiger partial charge < -0.3 is 9.64 Å². The Hall–Kier alpha value is -1.44. The van der Waals surface area contributed by atoms with Gasteiger partial charge in [0.2, 0.25) is 15.9 Å². The van der Waals surface area contributed by atoms with E-state index in [1.165, 1.54) is 4.31 Å². The van der Waals surface area contributed by atoms with Gasteiger partial charge in [0.25, 0.3) is 0 Å². The fourth-order valence-electron chi connectivity index (χ4n) is 3.58. The van der Waals surface area contributed by atoms with Crippen molar-refractivity contribution in [2.45, 2.75) is 44.2 Å². The van der Waals surface area contributed by atoms with E-state index in [-0.39, 0.29) is 10.8 Å². The molecule has 0 atom stereocenters. The van der Waals surface area contributed by atoms with Crippen LogP contribution in [-0.2, 0) is 19.6 Å². The van der Waals surface area contributed by atoms with E-state index in [0.29, 0.717) is 39.1 Å². The van der Waals surface area contributed by atoms with E-state index < -0.39 is 21.2 Å². The summed E-state index contributed by atoms with van der Waals surface area (Å²) in [6, 6.07) is 8.47. The molecule has 1 aromatic carbocycles. The molecular formula is C18H26N2O4S. The third-order valence-corrected chi connectivity index (χ3v) is 6.89. The summed E-state index contributed by atoms with van der Waals surface area (Å²) in [5.74, 6) is 0.0952. The summed E-state index contributed by atoms with van der Waals surface area (Å²) in [4.78, 5) is 14.6. The van der Waals surface area contributed by atoms with E-state index in [4.69, 9.17) is 4.74 Å². The molecule has 3 rings (SSSR count). The van der Waals surface area contributed by atoms with Gasteiger partial charge in [-0.2, -0.15) is 4.31 Å². The number of rotatable bonds is 2. The minimum absolute atomic E-state index is 0.0952. The van der Waals surface area contributed by atoms with Crippen molar-refractivity contribution in [1.82, 2.24) is 9.21 Å². The summed E-state index contributed by atoms with van der Waals surface area (Å²) in [6.07, 6.45) is 1.00. The van der Waals surface area contributed by atoms with Crippen molar-refractivity contribution in [2.24, 2.45) is 5.41 Å². The number of hydrogen-bond acceptors (Lipinski definition) is 4. The highest BCUT2D eigenvalue weighted by Gasteiger charge is 2.51. The number of piperidine rings is 1. The first kappa shape index (κ1) is 18.4. The Labute approximate surface area is 149 Å². The zero-order valence-corrected chi connectivity index (χ0v) is 15.9. The average molecular weight is 366 g/mol. The van der Waals surface area contributed by atoms with Gasteiger partial charge in [-0.1, -0.05) is 39.0 Å². The van der Waals surface area contributed by atoms with Gasteiger partial charge in [0.05, 0.1) is 11.5 Å². The van der Waals surface area contributed by atoms with Crippen LogP contribution >= 0.6 is 0 Å². The molecular weight excluding hydrogens is 340 g/mol. The second-order valence-electron chi connectivity index (χ2n) is 7.73. The minimum atomic E-state index is -3.61. The van der Waals surface area contributed by atoms with Crippen LogP contribution < -0.4 is 0 Å². The van der Waals surface area contributed by atoms with Crippen molar-refractivity contribution in [1.29, 1.82) is 0 Å². The SMILES string of the molecule is CC(C)(C)C(=O)N1CCC2(CC1)OCCN2S(=O)(=O)c1ccccc1. The third-order valence-electron chi connectivity index (χ3n) is 4.92. The lowest BCUT2D eigenvalue weighted by Crippen LogP contribution is -2.56. The lowest BCUT2D eigenvalue weighted by atomic mass is 9.92. The molecule has 0 radical (unpaired) electrons. The topological polar surface area (TPSA) is 66.9 Å². The van der Waals surface area contributed by atoms with E-state index in [2.05, 4.69) is 0 Å². The highest BCUT2D eigenvalue weighted by atomic mass is 32.2. The van der Waals surface area contributed by atoms with Crippen LogP contribution in [0.4, 0.5) is 0 Å². The molecule has 2 aliphatic heterocycles. The van der Waals surface area contributed by atoms with Crippen LogP contribution in [0.1, 0.15) is 33.6 Å². The zero-order chi connectivity index (χ0) is 18.3. The number of carbonyl (C=O) groups excluding carboxylic acids is 1. The number of hydrogen-bond donors (Lipinski definition) is 0. The van der Waals surface area contributed by atoms with Gasteiger partial charge in [-0.15, -0.1) is 0 Å². The van der Waals surface area contributed by atoms with Gasteiger partial charge in [-0.25, -0.2) is 8.42 Å². The van der Waals surface area contributed by atoms with Crippen LogP contribution in [0.15, 0.2) is 35.2 Å². The Kier molecular flexibility index (Phi) is 4.68. The van der Waals surface area contributed by atoms with E-state index >= 15 is 0 Å². The molecule has 1 spiro atoms. The zero-order valence-electron chi connectivity index (χ0n) is 15.1. The molecule has 0 unspecified atom stereocenters. The number of benzene rings is 1. The number of ether oxygens (including phenoxy) is 1. The van der Waals surface area contributed by atoms with Crippen LogP contribution in [0.5, 0.6) is 0 Å². The highest BCUT2D eigenvalue weighted by Crippen LogP contribution is 2.38. The van der Waals surface area contributed by atoms with Gasteiger partial charge in [0.15, 0.2) is 0 Å².